The Bertz CT molecular complexity index is 733. The lowest BCUT2D eigenvalue weighted by Gasteiger charge is -2.09. The normalized spacial score (nSPS) is 10.8. The summed E-state index contributed by atoms with van der Waals surface area (Å²) in [6.07, 6.45) is 1.81. The minimum Gasteiger partial charge on any atom is -0.497 e. The molecule has 0 aliphatic carbocycles. The van der Waals surface area contributed by atoms with Crippen LogP contribution in [-0.2, 0) is 0 Å². The molecule has 0 saturated heterocycles. The van der Waals surface area contributed by atoms with Gasteiger partial charge >= 0.3 is 0 Å². The molecule has 2 heterocycles. The van der Waals surface area contributed by atoms with E-state index >= 15 is 0 Å². The molecule has 0 aliphatic rings. The number of nitrogens with two attached hydrogens (primary N) is 1. The Labute approximate surface area is 114 Å². The molecule has 0 unspecified atom stereocenters. The average molecular weight is 275 g/mol. The van der Waals surface area contributed by atoms with Crippen LogP contribution in [0.25, 0.3) is 16.2 Å². The Kier molecular flexibility index (Phi) is 2.79. The molecule has 0 bridgehead atoms. The van der Waals surface area contributed by atoms with Gasteiger partial charge in [0.15, 0.2) is 4.96 Å². The Morgan fingerprint density at radius 2 is 2.11 bits per heavy atom. The van der Waals surface area contributed by atoms with E-state index in [4.69, 9.17) is 15.2 Å². The van der Waals surface area contributed by atoms with Gasteiger partial charge in [-0.1, -0.05) is 0 Å². The van der Waals surface area contributed by atoms with Crippen molar-refractivity contribution in [3.63, 3.8) is 0 Å². The fourth-order valence-electron chi connectivity index (χ4n) is 2.01. The van der Waals surface area contributed by atoms with Crippen LogP contribution in [0, 0.1) is 0 Å². The topological polar surface area (TPSA) is 61.8 Å². The molecule has 2 aromatic heterocycles. The van der Waals surface area contributed by atoms with Crippen molar-refractivity contribution in [1.29, 1.82) is 0 Å². The van der Waals surface area contributed by atoms with Crippen LogP contribution in [0.2, 0.25) is 0 Å². The number of methoxy groups -OCH3 is 2. The Balaban J connectivity index is 2.24. The van der Waals surface area contributed by atoms with E-state index in [-0.39, 0.29) is 0 Å². The summed E-state index contributed by atoms with van der Waals surface area (Å²) < 4.78 is 12.6. The summed E-state index contributed by atoms with van der Waals surface area (Å²) in [6.45, 7) is 0. The van der Waals surface area contributed by atoms with Gasteiger partial charge < -0.3 is 15.2 Å². The van der Waals surface area contributed by atoms with Crippen molar-refractivity contribution in [3.8, 4) is 22.8 Å². The third-order valence-corrected chi connectivity index (χ3v) is 3.75. The quantitative estimate of drug-likeness (QED) is 0.798. The summed E-state index contributed by atoms with van der Waals surface area (Å²) >= 11 is 1.54. The second-order valence-corrected chi connectivity index (χ2v) is 4.84. The Morgan fingerprint density at radius 1 is 1.26 bits per heavy atom. The number of anilines is 1. The van der Waals surface area contributed by atoms with Crippen molar-refractivity contribution in [3.05, 3.63) is 29.8 Å². The first-order valence-corrected chi connectivity index (χ1v) is 6.55. The lowest BCUT2D eigenvalue weighted by atomic mass is 10.1. The van der Waals surface area contributed by atoms with Gasteiger partial charge in [-0.2, -0.15) is 0 Å². The zero-order chi connectivity index (χ0) is 13.4. The van der Waals surface area contributed by atoms with Crippen LogP contribution >= 0.6 is 11.3 Å². The van der Waals surface area contributed by atoms with Crippen LogP contribution in [-0.4, -0.2) is 23.6 Å². The van der Waals surface area contributed by atoms with Crippen LogP contribution in [0.3, 0.4) is 0 Å². The highest BCUT2D eigenvalue weighted by Gasteiger charge is 2.13. The van der Waals surface area contributed by atoms with E-state index in [0.717, 1.165) is 27.7 Å². The van der Waals surface area contributed by atoms with E-state index < -0.39 is 0 Å². The van der Waals surface area contributed by atoms with Gasteiger partial charge in [0, 0.05) is 10.9 Å². The predicted octanol–water partition coefficient (Wildman–Crippen LogP) is 2.66. The van der Waals surface area contributed by atoms with E-state index in [2.05, 4.69) is 4.98 Å². The number of ether oxygens (including phenoxy) is 2. The second kappa shape index (κ2) is 4.47. The number of nitrogen functional groups attached to an aromatic ring is 1. The standard InChI is InChI=1S/C13H13N3O2S/c1-17-8-3-4-11(18-2)9(5-8)10-7-19-13-15-12(14)6-16(10)13/h3-7H,14H2,1-2H3. The zero-order valence-corrected chi connectivity index (χ0v) is 11.4. The number of fused-ring (bicyclic) bond motifs is 1. The molecular weight excluding hydrogens is 262 g/mol. The van der Waals surface area contributed by atoms with Crippen LogP contribution in [0.4, 0.5) is 5.82 Å². The second-order valence-electron chi connectivity index (χ2n) is 4.01. The highest BCUT2D eigenvalue weighted by Crippen LogP contribution is 2.35. The molecule has 3 aromatic rings. The molecule has 3 rings (SSSR count). The summed E-state index contributed by atoms with van der Waals surface area (Å²) in [5.41, 5.74) is 7.66. The molecule has 5 nitrogen and oxygen atoms in total. The van der Waals surface area contributed by atoms with Crippen molar-refractivity contribution in [2.45, 2.75) is 0 Å². The van der Waals surface area contributed by atoms with Gasteiger partial charge in [0.25, 0.3) is 0 Å². The summed E-state index contributed by atoms with van der Waals surface area (Å²) in [5, 5.41) is 2.03. The minimum absolute atomic E-state index is 0.509. The fraction of sp³-hybridized carbons (Fsp3) is 0.154. The molecule has 0 fully saturated rings. The van der Waals surface area contributed by atoms with Gasteiger partial charge in [0.1, 0.15) is 17.3 Å². The van der Waals surface area contributed by atoms with Gasteiger partial charge in [-0.3, -0.25) is 4.40 Å². The van der Waals surface area contributed by atoms with Crippen LogP contribution in [0.15, 0.2) is 29.8 Å². The van der Waals surface area contributed by atoms with Crippen molar-refractivity contribution < 1.29 is 9.47 Å². The van der Waals surface area contributed by atoms with Crippen molar-refractivity contribution in [1.82, 2.24) is 9.38 Å². The van der Waals surface area contributed by atoms with E-state index in [1.165, 1.54) is 11.3 Å². The SMILES string of the molecule is COc1ccc(OC)c(-c2csc3nc(N)cn23)c1. The largest absolute Gasteiger partial charge is 0.497 e. The van der Waals surface area contributed by atoms with E-state index in [0.29, 0.717) is 5.82 Å². The fourth-order valence-corrected chi connectivity index (χ4v) is 2.89. The number of hydrogen-bond acceptors (Lipinski definition) is 5. The minimum atomic E-state index is 0.509. The average Bonchev–Trinajstić information content (AvgIpc) is 2.96. The molecule has 19 heavy (non-hydrogen) atoms. The summed E-state index contributed by atoms with van der Waals surface area (Å²) in [7, 11) is 3.29. The molecule has 0 amide bonds. The molecule has 0 saturated carbocycles. The molecule has 2 N–H and O–H groups in total. The lowest BCUT2D eigenvalue weighted by Crippen LogP contribution is -1.92. The highest BCUT2D eigenvalue weighted by molar-refractivity contribution is 7.15. The van der Waals surface area contributed by atoms with Crippen molar-refractivity contribution in [2.75, 3.05) is 20.0 Å². The summed E-state index contributed by atoms with van der Waals surface area (Å²) in [6, 6.07) is 5.70. The maximum Gasteiger partial charge on any atom is 0.196 e. The first kappa shape index (κ1) is 11.9. The van der Waals surface area contributed by atoms with Gasteiger partial charge in [0.2, 0.25) is 0 Å². The zero-order valence-electron chi connectivity index (χ0n) is 10.6. The molecule has 1 aromatic carbocycles. The van der Waals surface area contributed by atoms with Crippen molar-refractivity contribution >= 4 is 22.1 Å². The Morgan fingerprint density at radius 3 is 2.84 bits per heavy atom. The maximum atomic E-state index is 5.73. The third-order valence-electron chi connectivity index (χ3n) is 2.91. The number of nitrogens with zero attached hydrogens (tertiary/aromatic N) is 2. The van der Waals surface area contributed by atoms with E-state index in [1.54, 1.807) is 20.4 Å². The number of hydrogen-bond donors (Lipinski definition) is 1. The number of benzene rings is 1. The molecule has 98 valence electrons. The molecule has 0 radical (unpaired) electrons. The number of imidazole rings is 1. The first-order valence-electron chi connectivity index (χ1n) is 5.67. The highest BCUT2D eigenvalue weighted by atomic mass is 32.1. The Hall–Kier alpha value is -2.21. The van der Waals surface area contributed by atoms with E-state index in [1.807, 2.05) is 28.0 Å². The van der Waals surface area contributed by atoms with Crippen molar-refractivity contribution in [2.24, 2.45) is 0 Å². The maximum absolute atomic E-state index is 5.73. The first-order chi connectivity index (χ1) is 9.22. The molecule has 6 heteroatoms. The lowest BCUT2D eigenvalue weighted by molar-refractivity contribution is 0.404. The third kappa shape index (κ3) is 1.90. The van der Waals surface area contributed by atoms with Gasteiger partial charge in [-0.15, -0.1) is 11.3 Å². The van der Waals surface area contributed by atoms with Gasteiger partial charge in [-0.25, -0.2) is 4.98 Å². The number of rotatable bonds is 3. The van der Waals surface area contributed by atoms with Crippen LogP contribution < -0.4 is 15.2 Å². The smallest absolute Gasteiger partial charge is 0.196 e. The molecule has 0 atom stereocenters. The van der Waals surface area contributed by atoms with Crippen LogP contribution in [0.5, 0.6) is 11.5 Å². The number of thiazole rings is 1. The predicted molar refractivity (Wildman–Crippen MR) is 76.0 cm³/mol. The summed E-state index contributed by atoms with van der Waals surface area (Å²) in [4.78, 5) is 5.10. The number of aromatic nitrogens is 2. The molecular formula is C13H13N3O2S. The summed E-state index contributed by atoms with van der Waals surface area (Å²) in [5.74, 6) is 2.07. The van der Waals surface area contributed by atoms with Crippen LogP contribution in [0.1, 0.15) is 0 Å². The van der Waals surface area contributed by atoms with Gasteiger partial charge in [-0.05, 0) is 18.2 Å². The molecule has 0 aliphatic heterocycles. The van der Waals surface area contributed by atoms with Gasteiger partial charge in [0.05, 0.1) is 26.1 Å². The molecule has 0 spiro atoms. The van der Waals surface area contributed by atoms with E-state index in [9.17, 15) is 0 Å². The monoisotopic (exact) mass is 275 g/mol.